The van der Waals surface area contributed by atoms with Gasteiger partial charge in [-0.1, -0.05) is 17.2 Å². The molecule has 1 aliphatic rings. The van der Waals surface area contributed by atoms with E-state index in [0.717, 1.165) is 0 Å². The minimum absolute atomic E-state index is 0.00862. The molecular formula is C14H9N3O5. The maximum atomic E-state index is 12.0. The van der Waals surface area contributed by atoms with Crippen molar-refractivity contribution >= 4 is 23.7 Å². The van der Waals surface area contributed by atoms with Crippen molar-refractivity contribution in [1.29, 1.82) is 0 Å². The summed E-state index contributed by atoms with van der Waals surface area (Å²) in [5.41, 5.74) is 5.34. The number of aromatic amines is 1. The molecule has 3 amide bonds. The molecule has 8 heteroatoms. The summed E-state index contributed by atoms with van der Waals surface area (Å²) >= 11 is 0. The third-order valence-electron chi connectivity index (χ3n) is 3.12. The monoisotopic (exact) mass is 299 g/mol. The molecular weight excluding hydrogens is 290 g/mol. The van der Waals surface area contributed by atoms with Crippen LogP contribution in [-0.2, 0) is 4.84 Å². The van der Waals surface area contributed by atoms with Crippen LogP contribution >= 0.6 is 0 Å². The second-order valence-corrected chi connectivity index (χ2v) is 4.50. The average molecular weight is 299 g/mol. The van der Waals surface area contributed by atoms with Crippen LogP contribution in [-0.4, -0.2) is 33.7 Å². The van der Waals surface area contributed by atoms with Gasteiger partial charge in [-0.15, -0.1) is 0 Å². The van der Waals surface area contributed by atoms with Crippen LogP contribution in [0.15, 0.2) is 36.5 Å². The predicted octanol–water partition coefficient (Wildman–Crippen LogP) is 0.482. The highest BCUT2D eigenvalue weighted by atomic mass is 16.7. The molecule has 0 fully saturated rings. The summed E-state index contributed by atoms with van der Waals surface area (Å²) in [6.07, 6.45) is 1.20. The Balaban J connectivity index is 1.82. The fourth-order valence-corrected chi connectivity index (χ4v) is 2.04. The minimum Gasteiger partial charge on any atom is -0.364 e. The zero-order valence-electron chi connectivity index (χ0n) is 11.0. The Morgan fingerprint density at radius 2 is 1.68 bits per heavy atom. The molecule has 2 aromatic rings. The van der Waals surface area contributed by atoms with Gasteiger partial charge < -0.3 is 15.6 Å². The largest absolute Gasteiger partial charge is 0.365 e. The van der Waals surface area contributed by atoms with Gasteiger partial charge in [0, 0.05) is 6.20 Å². The first-order chi connectivity index (χ1) is 10.5. The number of aromatic nitrogens is 1. The highest BCUT2D eigenvalue weighted by Crippen LogP contribution is 2.23. The highest BCUT2D eigenvalue weighted by molar-refractivity contribution is 6.21. The third kappa shape index (κ3) is 2.03. The van der Waals surface area contributed by atoms with Crippen molar-refractivity contribution in [3.8, 4) is 0 Å². The molecule has 0 saturated heterocycles. The first-order valence-corrected chi connectivity index (χ1v) is 6.17. The number of carbonyl (C=O) groups is 4. The van der Waals surface area contributed by atoms with Crippen molar-refractivity contribution < 1.29 is 24.0 Å². The molecule has 3 N–H and O–H groups in total. The van der Waals surface area contributed by atoms with E-state index in [-0.39, 0.29) is 22.4 Å². The second-order valence-electron chi connectivity index (χ2n) is 4.50. The molecule has 0 saturated carbocycles. The van der Waals surface area contributed by atoms with E-state index in [9.17, 15) is 19.2 Å². The first-order valence-electron chi connectivity index (χ1n) is 6.17. The molecule has 1 aliphatic heterocycles. The average Bonchev–Trinajstić information content (AvgIpc) is 3.08. The van der Waals surface area contributed by atoms with Crippen molar-refractivity contribution in [2.45, 2.75) is 0 Å². The van der Waals surface area contributed by atoms with Crippen molar-refractivity contribution in [1.82, 2.24) is 10.0 Å². The molecule has 8 nitrogen and oxygen atoms in total. The SMILES string of the molecule is NC(=O)c1cc(C(=O)ON2C(=O)c3ccccc3C2=O)c[nH]1. The summed E-state index contributed by atoms with van der Waals surface area (Å²) in [4.78, 5) is 54.3. The van der Waals surface area contributed by atoms with Gasteiger partial charge in [0.05, 0.1) is 16.7 Å². The molecule has 22 heavy (non-hydrogen) atoms. The maximum Gasteiger partial charge on any atom is 0.365 e. The summed E-state index contributed by atoms with van der Waals surface area (Å²) < 4.78 is 0. The van der Waals surface area contributed by atoms with Crippen LogP contribution < -0.4 is 5.73 Å². The number of H-pyrrole nitrogens is 1. The van der Waals surface area contributed by atoms with Gasteiger partial charge in [-0.25, -0.2) is 4.79 Å². The Labute approximate surface area is 123 Å². The third-order valence-corrected chi connectivity index (χ3v) is 3.12. The molecule has 0 bridgehead atoms. The van der Waals surface area contributed by atoms with Crippen molar-refractivity contribution in [2.24, 2.45) is 5.73 Å². The summed E-state index contributed by atoms with van der Waals surface area (Å²) in [7, 11) is 0. The van der Waals surface area contributed by atoms with E-state index in [2.05, 4.69) is 4.98 Å². The number of carbonyl (C=O) groups excluding carboxylic acids is 4. The highest BCUT2D eigenvalue weighted by Gasteiger charge is 2.38. The van der Waals surface area contributed by atoms with Crippen LogP contribution in [0.1, 0.15) is 41.6 Å². The topological polar surface area (TPSA) is 123 Å². The predicted molar refractivity (Wildman–Crippen MR) is 71.7 cm³/mol. The number of nitrogens with one attached hydrogen (secondary N) is 1. The van der Waals surface area contributed by atoms with E-state index in [1.165, 1.54) is 24.4 Å². The molecule has 0 aliphatic carbocycles. The van der Waals surface area contributed by atoms with Gasteiger partial charge in [-0.3, -0.25) is 14.4 Å². The Morgan fingerprint density at radius 1 is 1.09 bits per heavy atom. The minimum atomic E-state index is -0.960. The van der Waals surface area contributed by atoms with Crippen LogP contribution in [0.3, 0.4) is 0 Å². The molecule has 0 spiro atoms. The van der Waals surface area contributed by atoms with Crippen LogP contribution in [0.4, 0.5) is 0 Å². The second kappa shape index (κ2) is 4.85. The number of nitrogens with two attached hydrogens (primary N) is 1. The molecule has 1 aromatic heterocycles. The van der Waals surface area contributed by atoms with Crippen LogP contribution in [0.25, 0.3) is 0 Å². The molecule has 0 unspecified atom stereocenters. The number of nitrogens with zero attached hydrogens (tertiary/aromatic N) is 1. The Hall–Kier alpha value is -3.42. The Morgan fingerprint density at radius 3 is 2.18 bits per heavy atom. The van der Waals surface area contributed by atoms with Gasteiger partial charge in [0.15, 0.2) is 0 Å². The van der Waals surface area contributed by atoms with E-state index in [4.69, 9.17) is 10.6 Å². The van der Waals surface area contributed by atoms with E-state index >= 15 is 0 Å². The fraction of sp³-hybridized carbons (Fsp3) is 0. The van der Waals surface area contributed by atoms with E-state index in [1.54, 1.807) is 12.1 Å². The van der Waals surface area contributed by atoms with E-state index in [1.807, 2.05) is 0 Å². The lowest BCUT2D eigenvalue weighted by Crippen LogP contribution is -2.32. The van der Waals surface area contributed by atoms with Gasteiger partial charge in [0.25, 0.3) is 17.7 Å². The molecule has 0 atom stereocenters. The van der Waals surface area contributed by atoms with Crippen LogP contribution in [0, 0.1) is 0 Å². The lowest BCUT2D eigenvalue weighted by atomic mass is 10.1. The summed E-state index contributed by atoms with van der Waals surface area (Å²) in [6.45, 7) is 0. The standard InChI is InChI=1S/C14H9N3O5/c15-11(18)10-5-7(6-16-10)14(21)22-17-12(19)8-3-1-2-4-9(8)13(17)20/h1-6,16H,(H2,15,18). The number of hydrogen-bond acceptors (Lipinski definition) is 5. The smallest absolute Gasteiger partial charge is 0.364 e. The normalized spacial score (nSPS) is 13.2. The number of imide groups is 1. The zero-order valence-corrected chi connectivity index (χ0v) is 11.0. The quantitative estimate of drug-likeness (QED) is 0.798. The molecule has 2 heterocycles. The van der Waals surface area contributed by atoms with Gasteiger partial charge in [-0.2, -0.15) is 0 Å². The number of fused-ring (bicyclic) bond motifs is 1. The van der Waals surface area contributed by atoms with Crippen molar-refractivity contribution in [3.63, 3.8) is 0 Å². The zero-order chi connectivity index (χ0) is 15.9. The molecule has 110 valence electrons. The first kappa shape index (κ1) is 13.6. The van der Waals surface area contributed by atoms with Gasteiger partial charge in [-0.05, 0) is 18.2 Å². The molecule has 0 radical (unpaired) electrons. The Kier molecular flexibility index (Phi) is 2.99. The van der Waals surface area contributed by atoms with Gasteiger partial charge in [0.1, 0.15) is 5.69 Å². The van der Waals surface area contributed by atoms with Gasteiger partial charge >= 0.3 is 5.97 Å². The number of hydrogen-bond donors (Lipinski definition) is 2. The number of amides is 3. The molecule has 1 aromatic carbocycles. The lowest BCUT2D eigenvalue weighted by Gasteiger charge is -2.11. The number of hydroxylamine groups is 2. The van der Waals surface area contributed by atoms with Gasteiger partial charge in [0.2, 0.25) is 0 Å². The van der Waals surface area contributed by atoms with Crippen molar-refractivity contribution in [2.75, 3.05) is 0 Å². The number of benzene rings is 1. The van der Waals surface area contributed by atoms with Crippen LogP contribution in [0.2, 0.25) is 0 Å². The van der Waals surface area contributed by atoms with E-state index in [0.29, 0.717) is 5.06 Å². The van der Waals surface area contributed by atoms with E-state index < -0.39 is 23.7 Å². The fourth-order valence-electron chi connectivity index (χ4n) is 2.04. The lowest BCUT2D eigenvalue weighted by molar-refractivity contribution is -0.0584. The summed E-state index contributed by atoms with van der Waals surface area (Å²) in [6, 6.07) is 7.29. The maximum absolute atomic E-state index is 12.0. The summed E-state index contributed by atoms with van der Waals surface area (Å²) in [5, 5.41) is 0.393. The summed E-state index contributed by atoms with van der Waals surface area (Å²) in [5.74, 6) is -3.16. The number of primary amides is 1. The van der Waals surface area contributed by atoms with Crippen LogP contribution in [0.5, 0.6) is 0 Å². The van der Waals surface area contributed by atoms with Crippen molar-refractivity contribution in [3.05, 3.63) is 58.9 Å². The number of rotatable bonds is 3. The Bertz CT molecular complexity index is 788. The molecule has 3 rings (SSSR count).